The van der Waals surface area contributed by atoms with Crippen molar-refractivity contribution in [3.8, 4) is 0 Å². The van der Waals surface area contributed by atoms with Crippen LogP contribution in [0.15, 0.2) is 24.3 Å². The van der Waals surface area contributed by atoms with Crippen molar-refractivity contribution in [1.29, 1.82) is 0 Å². The number of halogens is 1. The zero-order chi connectivity index (χ0) is 19.9. The molecule has 0 bridgehead atoms. The van der Waals surface area contributed by atoms with Crippen LogP contribution in [0.3, 0.4) is 0 Å². The zero-order valence-corrected chi connectivity index (χ0v) is 17.3. The fourth-order valence-electron chi connectivity index (χ4n) is 4.66. The summed E-state index contributed by atoms with van der Waals surface area (Å²) in [4.78, 5) is 17.7. The molecule has 2 saturated heterocycles. The summed E-state index contributed by atoms with van der Waals surface area (Å²) in [7, 11) is 0. The number of likely N-dealkylation sites (tertiary alicyclic amines) is 2. The molecule has 1 amide bonds. The number of nitrogens with zero attached hydrogens (tertiary/aromatic N) is 2. The Bertz CT molecular complexity index is 633. The lowest BCUT2D eigenvalue weighted by atomic mass is 10.0. The minimum Gasteiger partial charge on any atom is -0.355 e. The van der Waals surface area contributed by atoms with E-state index in [0.717, 1.165) is 44.5 Å². The number of amides is 1. The molecule has 0 saturated carbocycles. The lowest BCUT2D eigenvalue weighted by molar-refractivity contribution is -0.126. The summed E-state index contributed by atoms with van der Waals surface area (Å²) in [5.41, 5.74) is 0.945. The molecule has 0 spiro atoms. The summed E-state index contributed by atoms with van der Waals surface area (Å²) in [5, 5.41) is 6.57. The van der Waals surface area contributed by atoms with Crippen LogP contribution in [0.4, 0.5) is 4.39 Å². The summed E-state index contributed by atoms with van der Waals surface area (Å²) in [6, 6.07) is 7.39. The Morgan fingerprint density at radius 1 is 1.25 bits per heavy atom. The molecule has 2 heterocycles. The van der Waals surface area contributed by atoms with Crippen LogP contribution in [0.25, 0.3) is 0 Å². The first kappa shape index (κ1) is 21.2. The van der Waals surface area contributed by atoms with Gasteiger partial charge in [0.05, 0.1) is 6.04 Å². The van der Waals surface area contributed by atoms with Gasteiger partial charge in [-0.05, 0) is 69.9 Å². The lowest BCUT2D eigenvalue weighted by Gasteiger charge is -2.38. The van der Waals surface area contributed by atoms with Crippen LogP contribution in [-0.2, 0) is 11.3 Å². The molecule has 0 radical (unpaired) electrons. The van der Waals surface area contributed by atoms with Gasteiger partial charge in [-0.15, -0.1) is 0 Å². The number of rotatable bonds is 8. The predicted octanol–water partition coefficient (Wildman–Crippen LogP) is 2.37. The van der Waals surface area contributed by atoms with Crippen molar-refractivity contribution < 1.29 is 9.18 Å². The molecule has 0 unspecified atom stereocenters. The zero-order valence-electron chi connectivity index (χ0n) is 17.3. The van der Waals surface area contributed by atoms with Crippen molar-refractivity contribution in [2.24, 2.45) is 0 Å². The van der Waals surface area contributed by atoms with Gasteiger partial charge in [-0.2, -0.15) is 0 Å². The number of benzene rings is 1. The van der Waals surface area contributed by atoms with E-state index < -0.39 is 0 Å². The van der Waals surface area contributed by atoms with Gasteiger partial charge in [-0.25, -0.2) is 4.39 Å². The number of hydrogen-bond donors (Lipinski definition) is 2. The third-order valence-electron chi connectivity index (χ3n) is 6.04. The van der Waals surface area contributed by atoms with Crippen LogP contribution < -0.4 is 10.6 Å². The molecule has 2 atom stereocenters. The van der Waals surface area contributed by atoms with E-state index in [1.807, 2.05) is 13.0 Å². The molecule has 2 fully saturated rings. The van der Waals surface area contributed by atoms with Crippen LogP contribution in [0.1, 0.15) is 45.1 Å². The van der Waals surface area contributed by atoms with Crippen LogP contribution in [0.2, 0.25) is 0 Å². The van der Waals surface area contributed by atoms with Gasteiger partial charge < -0.3 is 15.5 Å². The van der Waals surface area contributed by atoms with Gasteiger partial charge in [0.1, 0.15) is 5.82 Å². The van der Waals surface area contributed by atoms with Gasteiger partial charge in [0, 0.05) is 31.7 Å². The Kier molecular flexibility index (Phi) is 7.82. The Morgan fingerprint density at radius 2 is 2.04 bits per heavy atom. The quantitative estimate of drug-likeness (QED) is 0.716. The summed E-state index contributed by atoms with van der Waals surface area (Å²) < 4.78 is 13.4. The smallest absolute Gasteiger partial charge is 0.237 e. The predicted molar refractivity (Wildman–Crippen MR) is 111 cm³/mol. The molecular weight excluding hydrogens is 355 g/mol. The van der Waals surface area contributed by atoms with Crippen LogP contribution in [-0.4, -0.2) is 66.6 Å². The maximum Gasteiger partial charge on any atom is 0.237 e. The number of carbonyl (C=O) groups is 1. The maximum atomic E-state index is 13.4. The number of carbonyl (C=O) groups excluding carboxylic acids is 1. The van der Waals surface area contributed by atoms with Gasteiger partial charge in [0.25, 0.3) is 0 Å². The number of hydrogen-bond acceptors (Lipinski definition) is 4. The van der Waals surface area contributed by atoms with E-state index in [1.165, 1.54) is 19.0 Å². The Morgan fingerprint density at radius 3 is 2.71 bits per heavy atom. The number of piperidine rings is 1. The van der Waals surface area contributed by atoms with Crippen molar-refractivity contribution in [3.63, 3.8) is 0 Å². The lowest BCUT2D eigenvalue weighted by Crippen LogP contribution is -2.51. The minimum absolute atomic E-state index is 0.0623. The van der Waals surface area contributed by atoms with E-state index in [2.05, 4.69) is 27.4 Å². The topological polar surface area (TPSA) is 47.6 Å². The first-order valence-corrected chi connectivity index (χ1v) is 10.8. The van der Waals surface area contributed by atoms with Gasteiger partial charge in [-0.3, -0.25) is 9.69 Å². The molecule has 5 nitrogen and oxygen atoms in total. The number of nitrogens with one attached hydrogen (secondary N) is 2. The summed E-state index contributed by atoms with van der Waals surface area (Å²) in [5.74, 6) is -0.0556. The highest BCUT2D eigenvalue weighted by Crippen LogP contribution is 2.27. The fraction of sp³-hybridized carbons (Fsp3) is 0.682. The van der Waals surface area contributed by atoms with E-state index in [1.54, 1.807) is 12.1 Å². The molecule has 28 heavy (non-hydrogen) atoms. The molecule has 2 aliphatic rings. The van der Waals surface area contributed by atoms with Gasteiger partial charge in [-0.1, -0.05) is 19.1 Å². The first-order chi connectivity index (χ1) is 13.6. The molecular formula is C22H35FN4O. The summed E-state index contributed by atoms with van der Waals surface area (Å²) >= 11 is 0. The van der Waals surface area contributed by atoms with Gasteiger partial charge in [0.2, 0.25) is 5.91 Å². The molecule has 2 N–H and O–H groups in total. The summed E-state index contributed by atoms with van der Waals surface area (Å²) in [6.45, 7) is 9.80. The molecule has 0 aromatic heterocycles. The van der Waals surface area contributed by atoms with Crippen LogP contribution >= 0.6 is 0 Å². The van der Waals surface area contributed by atoms with E-state index in [4.69, 9.17) is 0 Å². The molecule has 0 aliphatic carbocycles. The highest BCUT2D eigenvalue weighted by Gasteiger charge is 2.40. The third-order valence-corrected chi connectivity index (χ3v) is 6.04. The van der Waals surface area contributed by atoms with E-state index in [9.17, 15) is 9.18 Å². The molecule has 1 aromatic carbocycles. The maximum absolute atomic E-state index is 13.4. The van der Waals surface area contributed by atoms with Crippen LogP contribution in [0, 0.1) is 5.82 Å². The molecule has 3 rings (SSSR count). The molecule has 1 aromatic rings. The average Bonchev–Trinajstić information content (AvgIpc) is 3.12. The second-order valence-corrected chi connectivity index (χ2v) is 8.12. The highest BCUT2D eigenvalue weighted by molar-refractivity contribution is 5.82. The van der Waals surface area contributed by atoms with Gasteiger partial charge >= 0.3 is 0 Å². The molecule has 2 aliphatic heterocycles. The van der Waals surface area contributed by atoms with Crippen molar-refractivity contribution >= 4 is 5.91 Å². The van der Waals surface area contributed by atoms with Crippen molar-refractivity contribution in [2.45, 2.75) is 64.2 Å². The average molecular weight is 391 g/mol. The standard InChI is InChI=1S/C22H35FN4O/c1-3-10-26-11-8-20(9-12-26)27-16-19(14-21(27)22(28)24-4-2)25-15-17-6-5-7-18(23)13-17/h5-7,13,19-21,25H,3-4,8-12,14-16H2,1-2H3,(H,24,28)/t19-,21+/m1/s1. The largest absolute Gasteiger partial charge is 0.355 e. The van der Waals surface area contributed by atoms with E-state index >= 15 is 0 Å². The second-order valence-electron chi connectivity index (χ2n) is 8.12. The SMILES string of the molecule is CCCN1CCC(N2C[C@H](NCc3cccc(F)c3)C[C@H]2C(=O)NCC)CC1. The third kappa shape index (κ3) is 5.52. The highest BCUT2D eigenvalue weighted by atomic mass is 19.1. The van der Waals surface area contributed by atoms with Gasteiger partial charge in [0.15, 0.2) is 0 Å². The Labute approximate surface area is 168 Å². The number of likely N-dealkylation sites (N-methyl/N-ethyl adjacent to an activating group) is 1. The fourth-order valence-corrected chi connectivity index (χ4v) is 4.66. The Balaban J connectivity index is 1.60. The van der Waals surface area contributed by atoms with E-state index in [0.29, 0.717) is 19.1 Å². The second kappa shape index (κ2) is 10.3. The molecule has 6 heteroatoms. The van der Waals surface area contributed by atoms with Crippen molar-refractivity contribution in [3.05, 3.63) is 35.6 Å². The molecule has 156 valence electrons. The van der Waals surface area contributed by atoms with E-state index in [-0.39, 0.29) is 23.8 Å². The van der Waals surface area contributed by atoms with Crippen molar-refractivity contribution in [2.75, 3.05) is 32.7 Å². The minimum atomic E-state index is -0.202. The monoisotopic (exact) mass is 390 g/mol. The summed E-state index contributed by atoms with van der Waals surface area (Å²) in [6.07, 6.45) is 4.28. The van der Waals surface area contributed by atoms with Crippen molar-refractivity contribution in [1.82, 2.24) is 20.4 Å². The Hall–Kier alpha value is -1.50. The normalized spacial score (nSPS) is 24.5. The van der Waals surface area contributed by atoms with Crippen LogP contribution in [0.5, 0.6) is 0 Å². The first-order valence-electron chi connectivity index (χ1n) is 10.8.